The van der Waals surface area contributed by atoms with E-state index in [0.717, 1.165) is 0 Å². The van der Waals surface area contributed by atoms with Gasteiger partial charge in [-0.1, -0.05) is 0 Å². The first-order valence-electron chi connectivity index (χ1n) is 0. The smallest absolute Gasteiger partial charge is 1.00 e. The molecule has 0 spiro atoms. The van der Waals surface area contributed by atoms with Gasteiger partial charge in [0.25, 0.3) is 0 Å². The first kappa shape index (κ1) is 201. The van der Waals surface area contributed by atoms with Gasteiger partial charge in [-0.25, -0.2) is 0 Å². The molecule has 0 atom stereocenters. The molecule has 12 N–H and O–H groups in total. The van der Waals surface area contributed by atoms with Gasteiger partial charge in [-0.3, -0.25) is 0 Å². The van der Waals surface area contributed by atoms with E-state index in [4.69, 9.17) is 0 Å². The van der Waals surface area contributed by atoms with Crippen molar-refractivity contribution in [2.24, 2.45) is 0 Å². The van der Waals surface area contributed by atoms with Crippen molar-refractivity contribution in [2.45, 2.75) is 0 Å². The molecule has 0 fully saturated rings. The number of rotatable bonds is 0. The Morgan fingerprint density at radius 2 is 0.400 bits per heavy atom. The van der Waals surface area contributed by atoms with E-state index in [0.29, 0.717) is 0 Å². The van der Waals surface area contributed by atoms with Crippen LogP contribution in [0.4, 0.5) is 0 Å². The summed E-state index contributed by atoms with van der Waals surface area (Å²) in [6, 6.07) is 0. The van der Waals surface area contributed by atoms with Gasteiger partial charge >= 0.3 is 83.2 Å². The van der Waals surface area contributed by atoms with Crippen molar-refractivity contribution in [1.29, 1.82) is 0 Å². The third-order valence-corrected chi connectivity index (χ3v) is 0. The molecule has 0 aliphatic carbocycles. The van der Waals surface area contributed by atoms with E-state index in [9.17, 15) is 0 Å². The van der Waals surface area contributed by atoms with Crippen molar-refractivity contribution in [3.63, 3.8) is 0 Å². The van der Waals surface area contributed by atoms with Crippen LogP contribution >= 0.6 is 0 Å². The zero-order valence-corrected chi connectivity index (χ0v) is 9.45. The second kappa shape index (κ2) is 156. The van der Waals surface area contributed by atoms with Gasteiger partial charge in [-0.15, -0.1) is 0 Å². The van der Waals surface area contributed by atoms with Crippen LogP contribution in [0.1, 0.15) is 0 Å². The van der Waals surface area contributed by atoms with Crippen LogP contribution in [0.15, 0.2) is 0 Å². The molecule has 0 aromatic heterocycles. The molecule has 0 aromatic rings. The van der Waals surface area contributed by atoms with Gasteiger partial charge in [0.15, 0.2) is 0 Å². The molecular weight excluding hydrogens is 295 g/mol. The molecule has 0 amide bonds. The predicted octanol–water partition coefficient (Wildman–Crippen LogP) is -12.2. The van der Waals surface area contributed by atoms with Gasteiger partial charge in [0.1, 0.15) is 0 Å². The SMILES string of the molecule is O.O.O.O.O.O.[CaH2].[Cl-].[Cl-].[Sr+2]. The molecule has 0 aromatic carbocycles. The van der Waals surface area contributed by atoms with E-state index >= 15 is 0 Å². The largest absolute Gasteiger partial charge is 2.00 e. The number of hydrogen-bond donors (Lipinski definition) is 0. The Kier molecular flexibility index (Phi) is 3140. The molecule has 10 heavy (non-hydrogen) atoms. The summed E-state index contributed by atoms with van der Waals surface area (Å²) in [6.07, 6.45) is 0. The van der Waals surface area contributed by atoms with E-state index in [-0.39, 0.29) is 141 Å². The first-order valence-corrected chi connectivity index (χ1v) is 0. The molecule has 0 saturated carbocycles. The Morgan fingerprint density at radius 3 is 0.400 bits per heavy atom. The quantitative estimate of drug-likeness (QED) is 0.384. The Balaban J connectivity index is 0. The van der Waals surface area contributed by atoms with Crippen molar-refractivity contribution in [3.05, 3.63) is 0 Å². The molecule has 0 unspecified atom stereocenters. The number of halogens is 2. The van der Waals surface area contributed by atoms with Crippen LogP contribution in [-0.2, 0) is 0 Å². The molecule has 0 radical (unpaired) electrons. The van der Waals surface area contributed by atoms with Crippen LogP contribution in [0, 0.1) is 0 Å². The van der Waals surface area contributed by atoms with Gasteiger partial charge in [0, 0.05) is 0 Å². The summed E-state index contributed by atoms with van der Waals surface area (Å²) in [5.41, 5.74) is 0. The summed E-state index contributed by atoms with van der Waals surface area (Å²) in [4.78, 5) is 0. The fraction of sp³-hybridized carbons (Fsp3) is 0. The van der Waals surface area contributed by atoms with Crippen LogP contribution in [0.2, 0.25) is 0 Å². The predicted molar refractivity (Wildman–Crippen MR) is 36.0 cm³/mol. The maximum absolute atomic E-state index is 0. The minimum Gasteiger partial charge on any atom is -1.00 e. The minimum absolute atomic E-state index is 0. The molecule has 0 saturated heterocycles. The minimum atomic E-state index is 0. The van der Waals surface area contributed by atoms with Crippen LogP contribution in [-0.4, -0.2) is 116 Å². The van der Waals surface area contributed by atoms with E-state index in [1.54, 1.807) is 0 Å². The average Bonchev–Trinajstić information content (AvgIpc) is 0. The summed E-state index contributed by atoms with van der Waals surface area (Å²) < 4.78 is 0. The summed E-state index contributed by atoms with van der Waals surface area (Å²) in [5, 5.41) is 0. The van der Waals surface area contributed by atoms with Gasteiger partial charge in [-0.2, -0.15) is 0 Å². The second-order valence-electron chi connectivity index (χ2n) is 0. The van der Waals surface area contributed by atoms with Gasteiger partial charge < -0.3 is 57.7 Å². The van der Waals surface area contributed by atoms with Crippen molar-refractivity contribution in [3.8, 4) is 0 Å². The van der Waals surface area contributed by atoms with Crippen LogP contribution in [0.5, 0.6) is 0 Å². The second-order valence-corrected chi connectivity index (χ2v) is 0. The van der Waals surface area contributed by atoms with E-state index in [1.165, 1.54) is 0 Å². The van der Waals surface area contributed by atoms with E-state index in [2.05, 4.69) is 0 Å². The molecule has 0 heterocycles. The Bertz CT molecular complexity index is 15.7. The summed E-state index contributed by atoms with van der Waals surface area (Å²) in [5.74, 6) is 0. The standard InChI is InChI=1S/Ca.2ClH.6H2O.Sr.2H/h;2*1H;6*1H2;;;/q;;;;;;;;;+2;;/p-2. The fourth-order valence-corrected chi connectivity index (χ4v) is 0. The van der Waals surface area contributed by atoms with Crippen molar-refractivity contribution in [1.82, 2.24) is 0 Å². The molecule has 0 rings (SSSR count). The Hall–Kier alpha value is 3.08. The molecule has 0 aliphatic rings. The topological polar surface area (TPSA) is 189 Å². The zero-order chi connectivity index (χ0) is 0. The Labute approximate surface area is 138 Å². The third kappa shape index (κ3) is 119. The summed E-state index contributed by atoms with van der Waals surface area (Å²) in [6.45, 7) is 0. The van der Waals surface area contributed by atoms with E-state index < -0.39 is 0 Å². The van der Waals surface area contributed by atoms with E-state index in [1.807, 2.05) is 0 Å². The molecular formula is H14CaCl2O6Sr. The summed E-state index contributed by atoms with van der Waals surface area (Å²) >= 11 is 0. The van der Waals surface area contributed by atoms with Crippen molar-refractivity contribution >= 4 is 83.2 Å². The molecule has 68 valence electrons. The fourth-order valence-electron chi connectivity index (χ4n) is 0. The Morgan fingerprint density at radius 1 is 0.400 bits per heavy atom. The van der Waals surface area contributed by atoms with Gasteiger partial charge in [0.2, 0.25) is 0 Å². The number of hydrogen-bond acceptors (Lipinski definition) is 0. The zero-order valence-electron chi connectivity index (χ0n) is 4.46. The first-order chi connectivity index (χ1) is 0. The van der Waals surface area contributed by atoms with Crippen LogP contribution < -0.4 is 24.8 Å². The molecule has 10 heteroatoms. The molecule has 0 bridgehead atoms. The van der Waals surface area contributed by atoms with Crippen LogP contribution in [0.25, 0.3) is 0 Å². The average molecular weight is 309 g/mol. The maximum atomic E-state index is 0. The third-order valence-electron chi connectivity index (χ3n) is 0. The van der Waals surface area contributed by atoms with Crippen LogP contribution in [0.3, 0.4) is 0 Å². The molecule has 6 nitrogen and oxygen atoms in total. The van der Waals surface area contributed by atoms with Crippen molar-refractivity contribution in [2.75, 3.05) is 0 Å². The normalized spacial score (nSPS) is 0. The van der Waals surface area contributed by atoms with Crippen molar-refractivity contribution < 1.29 is 57.7 Å². The van der Waals surface area contributed by atoms with Gasteiger partial charge in [0.05, 0.1) is 0 Å². The summed E-state index contributed by atoms with van der Waals surface area (Å²) in [7, 11) is 0. The van der Waals surface area contributed by atoms with Gasteiger partial charge in [-0.05, 0) is 0 Å². The molecule has 0 aliphatic heterocycles. The maximum Gasteiger partial charge on any atom is 2.00 e. The monoisotopic (exact) mass is 308 g/mol.